The van der Waals surface area contributed by atoms with Gasteiger partial charge in [-0.2, -0.15) is 0 Å². The van der Waals surface area contributed by atoms with Crippen molar-refractivity contribution in [3.63, 3.8) is 0 Å². The van der Waals surface area contributed by atoms with Gasteiger partial charge in [0.15, 0.2) is 5.78 Å². The first-order valence-electron chi connectivity index (χ1n) is 9.82. The van der Waals surface area contributed by atoms with Crippen molar-refractivity contribution in [1.29, 1.82) is 0 Å². The average Bonchev–Trinajstić information content (AvgIpc) is 3.41. The number of nitrogens with one attached hydrogen (secondary N) is 2. The molecule has 0 radical (unpaired) electrons. The molecule has 2 aromatic heterocycles. The van der Waals surface area contributed by atoms with Gasteiger partial charge in [0, 0.05) is 34.8 Å². The summed E-state index contributed by atoms with van der Waals surface area (Å²) < 4.78 is 14.1. The van der Waals surface area contributed by atoms with Gasteiger partial charge in [-0.25, -0.2) is 4.39 Å². The molecule has 2 unspecified atom stereocenters. The quantitative estimate of drug-likeness (QED) is 0.464. The largest absolute Gasteiger partial charge is 0.361 e. The summed E-state index contributed by atoms with van der Waals surface area (Å²) in [6, 6.07) is 17.7. The number of piperazine rings is 1. The lowest BCUT2D eigenvalue weighted by molar-refractivity contribution is -0.835. The molecule has 0 spiro atoms. The Labute approximate surface area is 182 Å². The van der Waals surface area contributed by atoms with Crippen LogP contribution in [0.4, 0.5) is 15.1 Å². The molecule has 2 aromatic carbocycles. The number of nitrogens with zero attached hydrogens (tertiary/aromatic N) is 1. The Morgan fingerprint density at radius 1 is 1.13 bits per heavy atom. The number of H-pyrrole nitrogens is 1. The molecule has 1 aliphatic heterocycles. The fourth-order valence-electron chi connectivity index (χ4n) is 4.16. The maximum absolute atomic E-state index is 13.4. The van der Waals surface area contributed by atoms with Gasteiger partial charge < -0.3 is 9.88 Å². The van der Waals surface area contributed by atoms with Crippen LogP contribution in [0.1, 0.15) is 10.4 Å². The molecule has 2 atom stereocenters. The van der Waals surface area contributed by atoms with Crippen LogP contribution in [0, 0.1) is 5.82 Å². The maximum atomic E-state index is 13.4. The lowest BCUT2D eigenvalue weighted by Gasteiger charge is -2.38. The minimum Gasteiger partial charge on any atom is -0.361 e. The van der Waals surface area contributed by atoms with Crippen molar-refractivity contribution in [3.8, 4) is 0 Å². The average molecular weight is 441 g/mol. The molecule has 1 saturated heterocycles. The molecule has 5 rings (SSSR count). The van der Waals surface area contributed by atoms with E-state index >= 15 is 0 Å². The van der Waals surface area contributed by atoms with E-state index in [0.29, 0.717) is 16.4 Å². The van der Waals surface area contributed by atoms with E-state index in [1.165, 1.54) is 34.1 Å². The Morgan fingerprint density at radius 3 is 2.73 bits per heavy atom. The number of carbonyl (C=O) groups is 1. The molecule has 0 saturated carbocycles. The number of Topliss-reactive ketones (excluding diaryl/α,β-unsaturated/α-hetero) is 1. The van der Waals surface area contributed by atoms with Crippen LogP contribution in [0.3, 0.4) is 0 Å². The predicted molar refractivity (Wildman–Crippen MR) is 120 cm³/mol. The third-order valence-electron chi connectivity index (χ3n) is 5.71. The predicted octanol–water partition coefficient (Wildman–Crippen LogP) is 4.31. The number of aromatic amines is 1. The normalized spacial score (nSPS) is 19.3. The number of quaternary nitrogens is 1. The zero-order valence-corrected chi connectivity index (χ0v) is 17.6. The van der Waals surface area contributed by atoms with Gasteiger partial charge in [0.1, 0.15) is 24.1 Å². The zero-order valence-electron chi connectivity index (χ0n) is 16.1. The number of thiophene rings is 1. The summed E-state index contributed by atoms with van der Waals surface area (Å²) in [5, 5.41) is 2.15. The Morgan fingerprint density at radius 2 is 1.97 bits per heavy atom. The summed E-state index contributed by atoms with van der Waals surface area (Å²) in [4.78, 5) is 20.1. The van der Waals surface area contributed by atoms with Gasteiger partial charge in [-0.1, -0.05) is 11.6 Å². The van der Waals surface area contributed by atoms with Gasteiger partial charge in [0.05, 0.1) is 22.4 Å². The molecule has 7 heteroatoms. The topological polar surface area (TPSA) is 40.5 Å². The Hall–Kier alpha value is -2.67. The van der Waals surface area contributed by atoms with Crippen LogP contribution in [0.25, 0.3) is 10.9 Å². The van der Waals surface area contributed by atoms with Crippen molar-refractivity contribution in [2.75, 3.05) is 24.5 Å². The van der Waals surface area contributed by atoms with E-state index < -0.39 is 0 Å². The van der Waals surface area contributed by atoms with Gasteiger partial charge in [0.25, 0.3) is 0 Å². The maximum Gasteiger partial charge on any atom is 0.191 e. The van der Waals surface area contributed by atoms with E-state index in [-0.39, 0.29) is 17.6 Å². The summed E-state index contributed by atoms with van der Waals surface area (Å²) in [6.45, 7) is 2.23. The van der Waals surface area contributed by atoms with Gasteiger partial charge in [-0.15, -0.1) is 11.3 Å². The van der Waals surface area contributed by atoms with Crippen LogP contribution >= 0.6 is 22.9 Å². The Balaban J connectivity index is 1.48. The number of anilines is 1. The summed E-state index contributed by atoms with van der Waals surface area (Å²) in [5.41, 5.74) is 2.79. The number of hydrogen-bond donors (Lipinski definition) is 2. The first-order valence-corrected chi connectivity index (χ1v) is 11.0. The summed E-state index contributed by atoms with van der Waals surface area (Å²) in [7, 11) is 0. The Bertz CT molecular complexity index is 1200. The molecule has 0 amide bonds. The Kier molecular flexibility index (Phi) is 5.06. The highest BCUT2D eigenvalue weighted by Crippen LogP contribution is 2.32. The molecular weight excluding hydrogens is 421 g/mol. The molecule has 1 fully saturated rings. The first-order chi connectivity index (χ1) is 14.6. The monoisotopic (exact) mass is 440 g/mol. The van der Waals surface area contributed by atoms with E-state index in [4.69, 9.17) is 11.6 Å². The number of benzene rings is 2. The first kappa shape index (κ1) is 19.3. The van der Waals surface area contributed by atoms with Crippen LogP contribution in [0.2, 0.25) is 4.34 Å². The van der Waals surface area contributed by atoms with E-state index in [9.17, 15) is 9.18 Å². The lowest BCUT2D eigenvalue weighted by atomic mass is 10.00. The number of halogens is 2. The zero-order chi connectivity index (χ0) is 20.7. The molecule has 4 aromatic rings. The minimum atomic E-state index is -0.351. The van der Waals surface area contributed by atoms with Crippen molar-refractivity contribution < 1.29 is 14.1 Å². The van der Waals surface area contributed by atoms with Crippen LogP contribution in [-0.2, 0) is 0 Å². The lowest BCUT2D eigenvalue weighted by Crippen LogP contribution is -3.11. The van der Waals surface area contributed by atoms with Gasteiger partial charge >= 0.3 is 0 Å². The second kappa shape index (κ2) is 7.87. The molecule has 2 N–H and O–H groups in total. The number of hydrogen-bond acceptors (Lipinski definition) is 3. The number of aromatic nitrogens is 1. The summed E-state index contributed by atoms with van der Waals surface area (Å²) >= 11 is 7.65. The van der Waals surface area contributed by atoms with Crippen LogP contribution in [-0.4, -0.2) is 36.4 Å². The number of rotatable bonds is 4. The van der Waals surface area contributed by atoms with Crippen LogP contribution in [0.5, 0.6) is 0 Å². The fraction of sp³-hybridized carbons (Fsp3) is 0.174. The van der Waals surface area contributed by atoms with Crippen molar-refractivity contribution >= 4 is 50.3 Å². The number of carbonyl (C=O) groups excluding carboxylic acids is 1. The fourth-order valence-corrected chi connectivity index (χ4v) is 5.26. The second-order valence-corrected chi connectivity index (χ2v) is 9.19. The van der Waals surface area contributed by atoms with E-state index in [1.807, 2.05) is 18.3 Å². The standard InChI is InChI=1S/C23H19ClFN3OS/c24-21-7-8-22(30-21)28-12-11-27(18-5-6-19-16(13-18)9-10-26-19)14-20(28)23(29)15-1-3-17(25)4-2-15/h1-10,13,20,26H,11-12,14H2/p+1. The minimum absolute atomic E-state index is 0.000514. The third-order valence-corrected chi connectivity index (χ3v) is 6.97. The third kappa shape index (κ3) is 3.62. The van der Waals surface area contributed by atoms with Crippen LogP contribution < -0.4 is 9.80 Å². The van der Waals surface area contributed by atoms with E-state index in [1.54, 1.807) is 12.1 Å². The highest BCUT2D eigenvalue weighted by molar-refractivity contribution is 7.19. The molecule has 3 heterocycles. The molecule has 30 heavy (non-hydrogen) atoms. The number of fused-ring (bicyclic) bond motifs is 1. The van der Waals surface area contributed by atoms with Crippen molar-refractivity contribution in [1.82, 2.24) is 4.98 Å². The second-order valence-electron chi connectivity index (χ2n) is 7.50. The molecule has 4 nitrogen and oxygen atoms in total. The SMILES string of the molecule is O=C(c1ccc(F)cc1)C1C[NH+](c2ccc3[nH]ccc3c2)CCN1c1ccc(Cl)s1. The van der Waals surface area contributed by atoms with Crippen molar-refractivity contribution in [2.24, 2.45) is 0 Å². The van der Waals surface area contributed by atoms with E-state index in [2.05, 4.69) is 34.1 Å². The van der Waals surface area contributed by atoms with Gasteiger partial charge in [-0.3, -0.25) is 9.69 Å². The molecule has 1 aliphatic rings. The van der Waals surface area contributed by atoms with Crippen LogP contribution in [0.15, 0.2) is 66.9 Å². The van der Waals surface area contributed by atoms with Gasteiger partial charge in [0.2, 0.25) is 0 Å². The highest BCUT2D eigenvalue weighted by Gasteiger charge is 2.37. The summed E-state index contributed by atoms with van der Waals surface area (Å²) in [5.74, 6) is -0.344. The van der Waals surface area contributed by atoms with Crippen molar-refractivity contribution in [2.45, 2.75) is 6.04 Å². The van der Waals surface area contributed by atoms with E-state index in [0.717, 1.165) is 29.0 Å². The smallest absolute Gasteiger partial charge is 0.191 e. The molecule has 152 valence electrons. The molecule has 0 bridgehead atoms. The molecule has 0 aliphatic carbocycles. The highest BCUT2D eigenvalue weighted by atomic mass is 35.5. The number of ketones is 1. The summed E-state index contributed by atoms with van der Waals surface area (Å²) in [6.07, 6.45) is 1.93. The molecular formula is C23H20ClFN3OS+. The van der Waals surface area contributed by atoms with Gasteiger partial charge in [-0.05, 0) is 48.5 Å². The van der Waals surface area contributed by atoms with Crippen molar-refractivity contribution in [3.05, 3.63) is 82.6 Å².